The number of unbranched alkanes of at least 4 members (excludes halogenated alkanes) is 4. The SMILES string of the molecule is CCCCCCCSc1nnc2c(n1)OC(C(=O)c1ccccc1)=Nc1ccccc1-2. The van der Waals surface area contributed by atoms with Gasteiger partial charge in [-0.15, -0.1) is 10.2 Å². The standard InChI is InChI=1S/C24H24N4O2S/c1-2-3-4-5-11-16-31-24-26-22-20(27-28-24)18-14-9-10-15-19(18)25-23(30-22)21(29)17-12-7-6-8-13-17/h6-10,12-15H,2-5,11,16H2,1H3. The molecule has 0 unspecified atom stereocenters. The van der Waals surface area contributed by atoms with E-state index in [-0.39, 0.29) is 17.6 Å². The van der Waals surface area contributed by atoms with Crippen molar-refractivity contribution in [2.24, 2.45) is 4.99 Å². The minimum Gasteiger partial charge on any atom is -0.414 e. The topological polar surface area (TPSA) is 77.3 Å². The van der Waals surface area contributed by atoms with E-state index in [0.717, 1.165) is 17.7 Å². The van der Waals surface area contributed by atoms with E-state index in [9.17, 15) is 4.79 Å². The lowest BCUT2D eigenvalue weighted by atomic mass is 10.1. The number of Topliss-reactive ketones (excluding diaryl/α,β-unsaturated/α-hetero) is 1. The highest BCUT2D eigenvalue weighted by atomic mass is 32.2. The molecule has 0 spiro atoms. The summed E-state index contributed by atoms with van der Waals surface area (Å²) in [6.45, 7) is 2.21. The number of ether oxygens (including phenoxy) is 1. The number of carbonyl (C=O) groups excluding carboxylic acids is 1. The Hall–Kier alpha value is -3.06. The number of aliphatic imine (C=N–C) groups is 1. The Kier molecular flexibility index (Phi) is 7.04. The number of hydrogen-bond donors (Lipinski definition) is 0. The number of nitrogens with zero attached hydrogens (tertiary/aromatic N) is 4. The molecule has 1 aliphatic heterocycles. The number of hydrogen-bond acceptors (Lipinski definition) is 7. The number of aromatic nitrogens is 3. The molecule has 0 bridgehead atoms. The number of rotatable bonds is 9. The molecule has 0 amide bonds. The monoisotopic (exact) mass is 432 g/mol. The molecule has 4 rings (SSSR count). The molecule has 0 saturated heterocycles. The highest BCUT2D eigenvalue weighted by molar-refractivity contribution is 7.99. The second kappa shape index (κ2) is 10.3. The number of ketones is 1. The summed E-state index contributed by atoms with van der Waals surface area (Å²) in [4.78, 5) is 22.1. The van der Waals surface area contributed by atoms with Crippen molar-refractivity contribution in [2.45, 2.75) is 44.2 Å². The van der Waals surface area contributed by atoms with Crippen molar-refractivity contribution in [3.63, 3.8) is 0 Å². The van der Waals surface area contributed by atoms with Crippen molar-refractivity contribution in [1.29, 1.82) is 0 Å². The Labute approximate surface area is 186 Å². The first-order chi connectivity index (χ1) is 15.3. The summed E-state index contributed by atoms with van der Waals surface area (Å²) >= 11 is 1.56. The maximum atomic E-state index is 13.0. The first kappa shape index (κ1) is 21.2. The fourth-order valence-electron chi connectivity index (χ4n) is 3.27. The summed E-state index contributed by atoms with van der Waals surface area (Å²) in [6.07, 6.45) is 6.06. The van der Waals surface area contributed by atoms with Gasteiger partial charge >= 0.3 is 0 Å². The van der Waals surface area contributed by atoms with E-state index >= 15 is 0 Å². The van der Waals surface area contributed by atoms with Crippen molar-refractivity contribution < 1.29 is 9.53 Å². The van der Waals surface area contributed by atoms with Crippen molar-refractivity contribution >= 4 is 29.1 Å². The Morgan fingerprint density at radius 2 is 1.71 bits per heavy atom. The predicted octanol–water partition coefficient (Wildman–Crippen LogP) is 5.91. The molecular weight excluding hydrogens is 408 g/mol. The van der Waals surface area contributed by atoms with Gasteiger partial charge in [-0.05, 0) is 12.5 Å². The van der Waals surface area contributed by atoms with Crippen LogP contribution in [-0.4, -0.2) is 32.6 Å². The van der Waals surface area contributed by atoms with Crippen LogP contribution in [0.2, 0.25) is 0 Å². The van der Waals surface area contributed by atoms with E-state index in [4.69, 9.17) is 4.74 Å². The van der Waals surface area contributed by atoms with Gasteiger partial charge in [-0.2, -0.15) is 4.98 Å². The van der Waals surface area contributed by atoms with E-state index in [1.165, 1.54) is 25.7 Å². The molecule has 0 atom stereocenters. The quantitative estimate of drug-likeness (QED) is 0.238. The van der Waals surface area contributed by atoms with Crippen LogP contribution in [-0.2, 0) is 0 Å². The van der Waals surface area contributed by atoms with Gasteiger partial charge in [-0.25, -0.2) is 4.99 Å². The molecule has 2 aromatic carbocycles. The molecule has 7 heteroatoms. The van der Waals surface area contributed by atoms with E-state index in [1.54, 1.807) is 23.9 Å². The van der Waals surface area contributed by atoms with Gasteiger partial charge in [-0.1, -0.05) is 92.9 Å². The van der Waals surface area contributed by atoms with Crippen molar-refractivity contribution in [3.05, 3.63) is 60.2 Å². The molecule has 0 saturated carbocycles. The Morgan fingerprint density at radius 3 is 2.55 bits per heavy atom. The van der Waals surface area contributed by atoms with Crippen molar-refractivity contribution in [2.75, 3.05) is 5.75 Å². The second-order valence-electron chi connectivity index (χ2n) is 7.24. The first-order valence-corrected chi connectivity index (χ1v) is 11.6. The van der Waals surface area contributed by atoms with Gasteiger partial charge in [0, 0.05) is 16.9 Å². The summed E-state index contributed by atoms with van der Waals surface area (Å²) in [7, 11) is 0. The lowest BCUT2D eigenvalue weighted by molar-refractivity contribution is 0.104. The number of thioether (sulfide) groups is 1. The number of carbonyl (C=O) groups is 1. The summed E-state index contributed by atoms with van der Waals surface area (Å²) in [5, 5.41) is 9.19. The van der Waals surface area contributed by atoms with Crippen molar-refractivity contribution in [1.82, 2.24) is 15.2 Å². The molecule has 2 heterocycles. The molecule has 3 aromatic rings. The molecular formula is C24H24N4O2S. The van der Waals surface area contributed by atoms with Crippen LogP contribution in [0, 0.1) is 0 Å². The van der Waals surface area contributed by atoms with Crippen LogP contribution >= 0.6 is 11.8 Å². The number of fused-ring (bicyclic) bond motifs is 3. The van der Waals surface area contributed by atoms with E-state index in [0.29, 0.717) is 22.1 Å². The summed E-state index contributed by atoms with van der Waals surface area (Å²) in [5.74, 6) is 0.863. The second-order valence-corrected chi connectivity index (χ2v) is 8.30. The lowest BCUT2D eigenvalue weighted by Gasteiger charge is -2.08. The third-order valence-electron chi connectivity index (χ3n) is 4.92. The van der Waals surface area contributed by atoms with Gasteiger partial charge in [-0.3, -0.25) is 4.79 Å². The fraction of sp³-hybridized carbons (Fsp3) is 0.292. The van der Waals surface area contributed by atoms with Crippen LogP contribution in [0.5, 0.6) is 5.88 Å². The fourth-order valence-corrected chi connectivity index (χ4v) is 4.05. The summed E-state index contributed by atoms with van der Waals surface area (Å²) in [5.41, 5.74) is 2.34. The largest absolute Gasteiger partial charge is 0.414 e. The molecule has 0 aliphatic carbocycles. The minimum absolute atomic E-state index is 0.0200. The third-order valence-corrected chi connectivity index (χ3v) is 5.84. The number of benzene rings is 2. The Balaban J connectivity index is 1.59. The molecule has 31 heavy (non-hydrogen) atoms. The van der Waals surface area contributed by atoms with E-state index in [2.05, 4.69) is 27.1 Å². The average Bonchev–Trinajstić information content (AvgIpc) is 2.98. The zero-order chi connectivity index (χ0) is 21.5. The van der Waals surface area contributed by atoms with Gasteiger partial charge in [0.25, 0.3) is 11.8 Å². The van der Waals surface area contributed by atoms with E-state index in [1.807, 2.05) is 42.5 Å². The van der Waals surface area contributed by atoms with Crippen molar-refractivity contribution in [3.8, 4) is 17.1 Å². The van der Waals surface area contributed by atoms with Crippen LogP contribution in [0.4, 0.5) is 5.69 Å². The van der Waals surface area contributed by atoms with E-state index < -0.39 is 0 Å². The smallest absolute Gasteiger partial charge is 0.270 e. The van der Waals surface area contributed by atoms with Gasteiger partial charge in [0.05, 0.1) is 5.69 Å². The third kappa shape index (κ3) is 5.17. The molecule has 1 aliphatic rings. The van der Waals surface area contributed by atoms with Gasteiger partial charge in [0.1, 0.15) is 0 Å². The zero-order valence-electron chi connectivity index (χ0n) is 17.5. The maximum absolute atomic E-state index is 13.0. The van der Waals surface area contributed by atoms with Crippen LogP contribution in [0.1, 0.15) is 49.4 Å². The minimum atomic E-state index is -0.299. The average molecular weight is 433 g/mol. The Morgan fingerprint density at radius 1 is 0.935 bits per heavy atom. The highest BCUT2D eigenvalue weighted by Gasteiger charge is 2.26. The first-order valence-electron chi connectivity index (χ1n) is 10.6. The zero-order valence-corrected chi connectivity index (χ0v) is 18.3. The van der Waals surface area contributed by atoms with Crippen LogP contribution in [0.3, 0.4) is 0 Å². The molecule has 1 aromatic heterocycles. The summed E-state index contributed by atoms with van der Waals surface area (Å²) < 4.78 is 5.93. The molecule has 6 nitrogen and oxygen atoms in total. The molecule has 158 valence electrons. The van der Waals surface area contributed by atoms with Gasteiger partial charge in [0.2, 0.25) is 10.9 Å². The Bertz CT molecular complexity index is 1090. The van der Waals surface area contributed by atoms with Crippen LogP contribution < -0.4 is 4.74 Å². The highest BCUT2D eigenvalue weighted by Crippen LogP contribution is 2.37. The van der Waals surface area contributed by atoms with Crippen LogP contribution in [0.15, 0.2) is 64.7 Å². The number of para-hydroxylation sites is 1. The van der Waals surface area contributed by atoms with Gasteiger partial charge < -0.3 is 4.74 Å². The predicted molar refractivity (Wildman–Crippen MR) is 123 cm³/mol. The van der Waals surface area contributed by atoms with Crippen LogP contribution in [0.25, 0.3) is 11.3 Å². The molecule has 0 N–H and O–H groups in total. The maximum Gasteiger partial charge on any atom is 0.270 e. The lowest BCUT2D eigenvalue weighted by Crippen LogP contribution is -2.21. The molecule has 0 fully saturated rings. The molecule has 0 radical (unpaired) electrons. The normalized spacial score (nSPS) is 12.2. The summed E-state index contributed by atoms with van der Waals surface area (Å²) in [6, 6.07) is 16.4. The van der Waals surface area contributed by atoms with Gasteiger partial charge in [0.15, 0.2) is 5.69 Å².